The predicted octanol–water partition coefficient (Wildman–Crippen LogP) is 3.18. The summed E-state index contributed by atoms with van der Waals surface area (Å²) >= 11 is 3.37. The number of carbonyl (C=O) groups is 1. The molecule has 0 aliphatic carbocycles. The van der Waals surface area contributed by atoms with Gasteiger partial charge in [-0.2, -0.15) is 0 Å². The van der Waals surface area contributed by atoms with E-state index in [2.05, 4.69) is 42.0 Å². The van der Waals surface area contributed by atoms with Gasteiger partial charge in [-0.05, 0) is 36.5 Å². The molecule has 1 amide bonds. The lowest BCUT2D eigenvalue weighted by Crippen LogP contribution is -2.49. The van der Waals surface area contributed by atoms with Gasteiger partial charge < -0.3 is 11.1 Å². The Bertz CT molecular complexity index is 432. The van der Waals surface area contributed by atoms with Crippen LogP contribution in [0.4, 0.5) is 0 Å². The molecular formula is C15H23BrN2O. The summed E-state index contributed by atoms with van der Waals surface area (Å²) in [4.78, 5) is 12.2. The van der Waals surface area contributed by atoms with Crippen molar-refractivity contribution in [3.05, 3.63) is 34.3 Å². The Kier molecular flexibility index (Phi) is 5.16. The molecule has 3 nitrogen and oxygen atoms in total. The fraction of sp³-hybridized carbons (Fsp3) is 0.533. The van der Waals surface area contributed by atoms with E-state index < -0.39 is 5.54 Å². The van der Waals surface area contributed by atoms with Gasteiger partial charge in [0.1, 0.15) is 5.54 Å². The van der Waals surface area contributed by atoms with Crippen molar-refractivity contribution in [1.29, 1.82) is 0 Å². The maximum atomic E-state index is 12.2. The van der Waals surface area contributed by atoms with E-state index in [0.717, 1.165) is 16.5 Å². The molecule has 1 unspecified atom stereocenters. The van der Waals surface area contributed by atoms with Gasteiger partial charge in [0.25, 0.3) is 0 Å². The zero-order valence-electron chi connectivity index (χ0n) is 12.1. The third-order valence-corrected chi connectivity index (χ3v) is 3.60. The average molecular weight is 327 g/mol. The number of hydrogen-bond acceptors (Lipinski definition) is 2. The monoisotopic (exact) mass is 326 g/mol. The Labute approximate surface area is 124 Å². The van der Waals surface area contributed by atoms with Gasteiger partial charge in [-0.1, -0.05) is 48.8 Å². The summed E-state index contributed by atoms with van der Waals surface area (Å²) in [5, 5.41) is 2.92. The maximum Gasteiger partial charge on any atom is 0.244 e. The van der Waals surface area contributed by atoms with Crippen LogP contribution in [0.25, 0.3) is 0 Å². The van der Waals surface area contributed by atoms with E-state index in [-0.39, 0.29) is 11.3 Å². The van der Waals surface area contributed by atoms with Crippen molar-refractivity contribution in [2.75, 3.05) is 6.54 Å². The minimum absolute atomic E-state index is 0.140. The molecule has 4 heteroatoms. The van der Waals surface area contributed by atoms with Crippen molar-refractivity contribution >= 4 is 21.8 Å². The summed E-state index contributed by atoms with van der Waals surface area (Å²) in [5.41, 5.74) is 6.17. The van der Waals surface area contributed by atoms with E-state index in [0.29, 0.717) is 6.54 Å². The van der Waals surface area contributed by atoms with Gasteiger partial charge in [0, 0.05) is 11.0 Å². The molecule has 0 saturated heterocycles. The van der Waals surface area contributed by atoms with Crippen molar-refractivity contribution in [3.8, 4) is 0 Å². The Balaban J connectivity index is 2.66. The second-order valence-corrected chi connectivity index (χ2v) is 7.19. The molecule has 1 aromatic rings. The molecule has 0 radical (unpaired) electrons. The first-order valence-corrected chi connectivity index (χ1v) is 7.25. The number of amides is 1. The number of nitrogens with one attached hydrogen (secondary N) is 1. The topological polar surface area (TPSA) is 55.1 Å². The first kappa shape index (κ1) is 16.2. The van der Waals surface area contributed by atoms with Crippen LogP contribution < -0.4 is 11.1 Å². The lowest BCUT2D eigenvalue weighted by molar-refractivity contribution is -0.126. The summed E-state index contributed by atoms with van der Waals surface area (Å²) in [5.74, 6) is -0.140. The molecule has 1 aromatic carbocycles. The quantitative estimate of drug-likeness (QED) is 0.892. The molecule has 1 atom stereocenters. The van der Waals surface area contributed by atoms with Crippen LogP contribution in [0.2, 0.25) is 0 Å². The normalized spacial score (nSPS) is 14.8. The number of benzene rings is 1. The van der Waals surface area contributed by atoms with Crippen LogP contribution in [-0.4, -0.2) is 12.5 Å². The minimum atomic E-state index is -1.00. The molecule has 0 saturated carbocycles. The molecular weight excluding hydrogens is 304 g/mol. The number of hydrogen-bond donors (Lipinski definition) is 2. The fourth-order valence-corrected chi connectivity index (χ4v) is 1.93. The third-order valence-electron chi connectivity index (χ3n) is 3.08. The standard InChI is InChI=1S/C15H23BrN2O/c1-14(2,3)9-10-18-13(19)15(4,17)11-5-7-12(16)8-6-11/h5-8H,9-10,17H2,1-4H3,(H,18,19). The predicted molar refractivity (Wildman–Crippen MR) is 82.8 cm³/mol. The highest BCUT2D eigenvalue weighted by Gasteiger charge is 2.30. The minimum Gasteiger partial charge on any atom is -0.354 e. The highest BCUT2D eigenvalue weighted by molar-refractivity contribution is 9.10. The largest absolute Gasteiger partial charge is 0.354 e. The highest BCUT2D eigenvalue weighted by Crippen LogP contribution is 2.21. The lowest BCUT2D eigenvalue weighted by Gasteiger charge is -2.25. The summed E-state index contributed by atoms with van der Waals surface area (Å²) < 4.78 is 0.972. The van der Waals surface area contributed by atoms with Crippen molar-refractivity contribution < 1.29 is 4.79 Å². The summed E-state index contributed by atoms with van der Waals surface area (Å²) in [6.07, 6.45) is 0.926. The molecule has 0 bridgehead atoms. The van der Waals surface area contributed by atoms with Crippen molar-refractivity contribution in [2.45, 2.75) is 39.7 Å². The smallest absolute Gasteiger partial charge is 0.244 e. The van der Waals surface area contributed by atoms with Gasteiger partial charge >= 0.3 is 0 Å². The molecule has 0 heterocycles. The second kappa shape index (κ2) is 6.06. The van der Waals surface area contributed by atoms with E-state index in [4.69, 9.17) is 5.73 Å². The Morgan fingerprint density at radius 2 is 1.74 bits per heavy atom. The maximum absolute atomic E-state index is 12.2. The molecule has 0 aliphatic heterocycles. The Hall–Kier alpha value is -0.870. The van der Waals surface area contributed by atoms with Crippen LogP contribution in [0.5, 0.6) is 0 Å². The van der Waals surface area contributed by atoms with Crippen molar-refractivity contribution in [3.63, 3.8) is 0 Å². The van der Waals surface area contributed by atoms with Crippen LogP contribution in [-0.2, 0) is 10.3 Å². The van der Waals surface area contributed by atoms with Gasteiger partial charge in [-0.25, -0.2) is 0 Å². The number of rotatable bonds is 4. The Morgan fingerprint density at radius 1 is 1.21 bits per heavy atom. The van der Waals surface area contributed by atoms with Gasteiger partial charge in [0.05, 0.1) is 0 Å². The number of halogens is 1. The summed E-state index contributed by atoms with van der Waals surface area (Å²) in [6, 6.07) is 7.52. The van der Waals surface area contributed by atoms with Crippen LogP contribution in [0.3, 0.4) is 0 Å². The molecule has 0 aromatic heterocycles. The molecule has 106 valence electrons. The first-order chi connectivity index (χ1) is 8.63. The van der Waals surface area contributed by atoms with E-state index in [1.54, 1.807) is 6.92 Å². The van der Waals surface area contributed by atoms with E-state index in [1.807, 2.05) is 24.3 Å². The molecule has 0 fully saturated rings. The van der Waals surface area contributed by atoms with E-state index in [1.165, 1.54) is 0 Å². The zero-order valence-corrected chi connectivity index (χ0v) is 13.7. The second-order valence-electron chi connectivity index (χ2n) is 6.28. The number of nitrogens with two attached hydrogens (primary N) is 1. The van der Waals surface area contributed by atoms with Gasteiger partial charge in [0.15, 0.2) is 0 Å². The SMILES string of the molecule is CC(C)(C)CCNC(=O)C(C)(N)c1ccc(Br)cc1. The molecule has 1 rings (SSSR count). The van der Waals surface area contributed by atoms with Crippen molar-refractivity contribution in [1.82, 2.24) is 5.32 Å². The van der Waals surface area contributed by atoms with Gasteiger partial charge in [0.2, 0.25) is 5.91 Å². The molecule has 0 spiro atoms. The van der Waals surface area contributed by atoms with E-state index >= 15 is 0 Å². The van der Waals surface area contributed by atoms with Crippen LogP contribution in [0.15, 0.2) is 28.7 Å². The molecule has 19 heavy (non-hydrogen) atoms. The summed E-state index contributed by atoms with van der Waals surface area (Å²) in [7, 11) is 0. The number of carbonyl (C=O) groups excluding carboxylic acids is 1. The third kappa shape index (κ3) is 4.96. The fourth-order valence-electron chi connectivity index (χ4n) is 1.66. The van der Waals surface area contributed by atoms with Gasteiger partial charge in [-0.15, -0.1) is 0 Å². The van der Waals surface area contributed by atoms with Crippen LogP contribution >= 0.6 is 15.9 Å². The first-order valence-electron chi connectivity index (χ1n) is 6.46. The van der Waals surface area contributed by atoms with E-state index in [9.17, 15) is 4.79 Å². The molecule has 3 N–H and O–H groups in total. The van der Waals surface area contributed by atoms with Crippen LogP contribution in [0.1, 0.15) is 39.7 Å². The lowest BCUT2D eigenvalue weighted by atomic mass is 9.90. The van der Waals surface area contributed by atoms with Crippen molar-refractivity contribution in [2.24, 2.45) is 11.1 Å². The zero-order chi connectivity index (χ0) is 14.7. The molecule has 0 aliphatic rings. The van der Waals surface area contributed by atoms with Crippen LogP contribution in [0, 0.1) is 5.41 Å². The Morgan fingerprint density at radius 3 is 2.21 bits per heavy atom. The summed E-state index contributed by atoms with van der Waals surface area (Å²) in [6.45, 7) is 8.83. The average Bonchev–Trinajstić information content (AvgIpc) is 2.27. The highest BCUT2D eigenvalue weighted by atomic mass is 79.9. The van der Waals surface area contributed by atoms with Gasteiger partial charge in [-0.3, -0.25) is 4.79 Å².